The van der Waals surface area contributed by atoms with E-state index in [1.54, 1.807) is 11.1 Å². The molecule has 4 rings (SSSR count). The number of ether oxygens (including phenoxy) is 1. The van der Waals surface area contributed by atoms with Crippen LogP contribution in [0.25, 0.3) is 22.6 Å². The van der Waals surface area contributed by atoms with Crippen LogP contribution in [0.5, 0.6) is 5.75 Å². The number of imidazole rings is 1. The van der Waals surface area contributed by atoms with E-state index in [1.807, 2.05) is 13.8 Å². The monoisotopic (exact) mass is 559 g/mol. The number of H-pyrrole nitrogens is 2. The number of piperidine rings is 1. The number of hydrazine groups is 2. The zero-order chi connectivity index (χ0) is 28.6. The van der Waals surface area contributed by atoms with E-state index in [4.69, 9.17) is 14.6 Å². The zero-order valence-electron chi connectivity index (χ0n) is 21.5. The van der Waals surface area contributed by atoms with Crippen molar-refractivity contribution in [1.82, 2.24) is 30.1 Å². The number of fused-ring (bicyclic) bond motifs is 1. The lowest BCUT2D eigenvalue weighted by Crippen LogP contribution is -2.36. The van der Waals surface area contributed by atoms with Crippen LogP contribution < -0.4 is 10.2 Å². The minimum absolute atomic E-state index is 0.183. The maximum absolute atomic E-state index is 14.6. The van der Waals surface area contributed by atoms with Crippen molar-refractivity contribution in [3.63, 3.8) is 0 Å². The van der Waals surface area contributed by atoms with Crippen LogP contribution in [-0.2, 0) is 4.79 Å². The number of halogens is 4. The van der Waals surface area contributed by atoms with E-state index in [9.17, 15) is 22.5 Å². The summed E-state index contributed by atoms with van der Waals surface area (Å²) in [5.41, 5.74) is 4.83. The van der Waals surface area contributed by atoms with E-state index in [0.717, 1.165) is 19.6 Å². The van der Waals surface area contributed by atoms with Crippen LogP contribution >= 0.6 is 0 Å². The van der Waals surface area contributed by atoms with E-state index in [1.165, 1.54) is 31.5 Å². The molecular weight excluding hydrogens is 528 g/mol. The molecule has 16 heteroatoms. The van der Waals surface area contributed by atoms with Crippen molar-refractivity contribution >= 4 is 22.7 Å². The van der Waals surface area contributed by atoms with Crippen molar-refractivity contribution in [2.45, 2.75) is 39.3 Å². The number of alkyl halides is 3. The van der Waals surface area contributed by atoms with Gasteiger partial charge in [0.2, 0.25) is 0 Å². The average molecular weight is 560 g/mol. The second-order valence-electron chi connectivity index (χ2n) is 8.62. The Labute approximate surface area is 220 Å². The molecule has 1 aliphatic rings. The van der Waals surface area contributed by atoms with E-state index < -0.39 is 18.0 Å². The van der Waals surface area contributed by atoms with Gasteiger partial charge in [0.05, 0.1) is 35.2 Å². The summed E-state index contributed by atoms with van der Waals surface area (Å²) in [5.74, 6) is -2.57. The number of nitroso groups, excluding NO2 is 1. The van der Waals surface area contributed by atoms with Crippen molar-refractivity contribution in [2.75, 3.05) is 44.8 Å². The summed E-state index contributed by atoms with van der Waals surface area (Å²) in [6, 6.07) is 2.97. The van der Waals surface area contributed by atoms with Crippen LogP contribution in [0.1, 0.15) is 33.1 Å². The van der Waals surface area contributed by atoms with E-state index >= 15 is 0 Å². The fourth-order valence-corrected chi connectivity index (χ4v) is 3.91. The van der Waals surface area contributed by atoms with Gasteiger partial charge in [0.1, 0.15) is 12.3 Å². The topological polar surface area (TPSA) is 142 Å². The molecule has 39 heavy (non-hydrogen) atoms. The zero-order valence-corrected chi connectivity index (χ0v) is 21.5. The lowest BCUT2D eigenvalue weighted by molar-refractivity contribution is -0.683. The molecule has 0 amide bonds. The number of nitrogens with one attached hydrogen (secondary N) is 3. The molecule has 0 bridgehead atoms. The SMILES string of the molecule is CCN(CC)[N+](=O)Nc1cn[nH]c1-c1nc2cc(OCCN3CCCCC3)c(F)cc2[nH]1.O=C(O)C(F)(F)F. The molecular formula is C23H31F4N8O4+. The van der Waals surface area contributed by atoms with Gasteiger partial charge < -0.3 is 14.8 Å². The molecule has 4 N–H and O–H groups in total. The molecule has 214 valence electrons. The molecule has 0 radical (unpaired) electrons. The third-order valence-electron chi connectivity index (χ3n) is 5.97. The lowest BCUT2D eigenvalue weighted by Gasteiger charge is -2.26. The number of aliphatic carboxylic acids is 1. The van der Waals surface area contributed by atoms with Gasteiger partial charge in [-0.1, -0.05) is 11.8 Å². The highest BCUT2D eigenvalue weighted by Gasteiger charge is 2.38. The Morgan fingerprint density at radius 3 is 2.51 bits per heavy atom. The largest absolute Gasteiger partial charge is 0.490 e. The minimum Gasteiger partial charge on any atom is -0.489 e. The first kappa shape index (κ1) is 29.6. The summed E-state index contributed by atoms with van der Waals surface area (Å²) in [6.07, 6.45) is 0.117. The fraction of sp³-hybridized carbons (Fsp3) is 0.522. The Bertz CT molecular complexity index is 1250. The van der Waals surface area contributed by atoms with Crippen molar-refractivity contribution in [1.29, 1.82) is 0 Å². The third kappa shape index (κ3) is 8.02. The van der Waals surface area contributed by atoms with Gasteiger partial charge in [-0.2, -0.15) is 18.3 Å². The van der Waals surface area contributed by atoms with Gasteiger partial charge in [0.15, 0.2) is 23.1 Å². The number of nitrogens with zero attached hydrogens (tertiary/aromatic N) is 5. The van der Waals surface area contributed by atoms with E-state index in [-0.39, 0.29) is 5.75 Å². The number of carboxylic acids is 1. The van der Waals surface area contributed by atoms with Gasteiger partial charge in [0, 0.05) is 18.7 Å². The van der Waals surface area contributed by atoms with Crippen LogP contribution in [0, 0.1) is 10.7 Å². The molecule has 0 atom stereocenters. The summed E-state index contributed by atoms with van der Waals surface area (Å²) >= 11 is 0. The Morgan fingerprint density at radius 2 is 1.90 bits per heavy atom. The summed E-state index contributed by atoms with van der Waals surface area (Å²) in [7, 11) is 0. The van der Waals surface area contributed by atoms with Gasteiger partial charge in [0.25, 0.3) is 4.98 Å². The first-order valence-corrected chi connectivity index (χ1v) is 12.4. The van der Waals surface area contributed by atoms with Crippen molar-refractivity contribution < 1.29 is 37.2 Å². The predicted molar refractivity (Wildman–Crippen MR) is 133 cm³/mol. The Balaban J connectivity index is 0.000000532. The first-order chi connectivity index (χ1) is 18.5. The number of carbonyl (C=O) groups is 1. The maximum atomic E-state index is 14.6. The molecule has 12 nitrogen and oxygen atoms in total. The molecule has 3 aromatic rings. The smallest absolute Gasteiger partial charge is 0.489 e. The number of likely N-dealkylation sites (tertiary alicyclic amines) is 1. The van der Waals surface area contributed by atoms with E-state index in [0.29, 0.717) is 52.9 Å². The second kappa shape index (κ2) is 13.2. The number of hydrogen-bond acceptors (Lipinski definition) is 6. The Morgan fingerprint density at radius 1 is 1.23 bits per heavy atom. The molecule has 0 saturated carbocycles. The van der Waals surface area contributed by atoms with Crippen molar-refractivity contribution in [3.8, 4) is 17.3 Å². The van der Waals surface area contributed by atoms with Gasteiger partial charge in [-0.3, -0.25) is 10.00 Å². The van der Waals surface area contributed by atoms with E-state index in [2.05, 4.69) is 30.5 Å². The number of aromatic amines is 2. The second-order valence-corrected chi connectivity index (χ2v) is 8.62. The van der Waals surface area contributed by atoms with Crippen LogP contribution in [0.2, 0.25) is 0 Å². The summed E-state index contributed by atoms with van der Waals surface area (Å²) in [4.78, 5) is 31.9. The number of carboxylic acid groups (broad SMARTS) is 1. The van der Waals surface area contributed by atoms with Gasteiger partial charge >= 0.3 is 12.1 Å². The molecule has 0 spiro atoms. The standard InChI is InChI=1S/C21H30FN8O2.C2HF3O2/c1-3-29(4-2)30(31)27-18-14-23-26-20(18)21-24-16-12-15(22)19(13-17(16)25-21)32-11-10-28-8-6-5-7-9-28;3-2(4,5)1(6)7/h12-14H,3-11H2,1-2H3,(H,23,26)(H,24,25)(H,27,31);(H,6,7)/q+1;. The molecule has 0 unspecified atom stereocenters. The number of benzene rings is 1. The highest BCUT2D eigenvalue weighted by molar-refractivity contribution is 5.82. The number of rotatable bonds is 10. The van der Waals surface area contributed by atoms with Gasteiger partial charge in [-0.05, 0) is 39.8 Å². The van der Waals surface area contributed by atoms with Crippen molar-refractivity contribution in [2.24, 2.45) is 0 Å². The third-order valence-corrected chi connectivity index (χ3v) is 5.97. The highest BCUT2D eigenvalue weighted by atomic mass is 19.4. The number of hydrogen-bond donors (Lipinski definition) is 4. The molecule has 1 fully saturated rings. The van der Waals surface area contributed by atoms with Crippen LogP contribution in [-0.4, -0.2) is 91.6 Å². The highest BCUT2D eigenvalue weighted by Crippen LogP contribution is 2.29. The van der Waals surface area contributed by atoms with Crippen LogP contribution in [0.3, 0.4) is 0 Å². The summed E-state index contributed by atoms with van der Waals surface area (Å²) in [6.45, 7) is 8.27. The molecule has 3 heterocycles. The number of aromatic nitrogens is 4. The summed E-state index contributed by atoms with van der Waals surface area (Å²) in [5, 5.41) is 15.6. The van der Waals surface area contributed by atoms with Crippen LogP contribution in [0.4, 0.5) is 23.2 Å². The fourth-order valence-electron chi connectivity index (χ4n) is 3.91. The average Bonchev–Trinajstić information content (AvgIpc) is 3.51. The normalized spacial score (nSPS) is 14.0. The molecule has 1 aromatic carbocycles. The maximum Gasteiger partial charge on any atom is 0.490 e. The number of anilines is 1. The quantitative estimate of drug-likeness (QED) is 0.165. The van der Waals surface area contributed by atoms with Crippen molar-refractivity contribution in [3.05, 3.63) is 29.1 Å². The first-order valence-electron chi connectivity index (χ1n) is 12.4. The van der Waals surface area contributed by atoms with Gasteiger partial charge in [-0.15, -0.1) is 5.01 Å². The summed E-state index contributed by atoms with van der Waals surface area (Å²) < 4.78 is 52.0. The Kier molecular flexibility index (Phi) is 10.0. The molecule has 1 aliphatic heterocycles. The van der Waals surface area contributed by atoms with Crippen LogP contribution in [0.15, 0.2) is 18.3 Å². The molecule has 2 aromatic heterocycles. The van der Waals surface area contributed by atoms with Gasteiger partial charge in [-0.25, -0.2) is 14.2 Å². The molecule has 0 aliphatic carbocycles. The molecule has 1 saturated heterocycles. The predicted octanol–water partition coefficient (Wildman–Crippen LogP) is 3.95. The Hall–Kier alpha value is -3.95. The lowest BCUT2D eigenvalue weighted by atomic mass is 10.1. The minimum atomic E-state index is -5.08.